The molecule has 2 aromatic rings. The average Bonchev–Trinajstić information content (AvgIpc) is 2.73. The van der Waals surface area contributed by atoms with Crippen LogP contribution in [0.3, 0.4) is 0 Å². The maximum Gasteiger partial charge on any atom is 0.257 e. The topological polar surface area (TPSA) is 49.9 Å². The van der Waals surface area contributed by atoms with E-state index in [0.29, 0.717) is 43.9 Å². The lowest BCUT2D eigenvalue weighted by Gasteiger charge is -2.36. The first kappa shape index (κ1) is 19.9. The predicted octanol–water partition coefficient (Wildman–Crippen LogP) is 3.35. The van der Waals surface area contributed by atoms with Gasteiger partial charge in [0, 0.05) is 32.6 Å². The Balaban J connectivity index is 1.59. The first-order valence-electron chi connectivity index (χ1n) is 9.68. The molecule has 5 nitrogen and oxygen atoms in total. The van der Waals surface area contributed by atoms with Crippen LogP contribution in [0.4, 0.5) is 0 Å². The number of methoxy groups -OCH3 is 1. The number of amides is 2. The summed E-state index contributed by atoms with van der Waals surface area (Å²) in [5.41, 5.74) is 1.51. The van der Waals surface area contributed by atoms with E-state index in [0.717, 1.165) is 5.56 Å². The number of benzene rings is 2. The van der Waals surface area contributed by atoms with Gasteiger partial charge in [-0.25, -0.2) is 0 Å². The summed E-state index contributed by atoms with van der Waals surface area (Å²) in [6, 6.07) is 17.4. The van der Waals surface area contributed by atoms with Crippen molar-refractivity contribution in [2.75, 3.05) is 33.3 Å². The van der Waals surface area contributed by atoms with Crippen molar-refractivity contribution in [2.24, 2.45) is 0 Å². The number of hydrogen-bond donors (Lipinski definition) is 0. The summed E-state index contributed by atoms with van der Waals surface area (Å²) in [5.74, 6) is 0.669. The summed E-state index contributed by atoms with van der Waals surface area (Å²) in [5, 5.41) is 0. The van der Waals surface area contributed by atoms with Gasteiger partial charge in [-0.2, -0.15) is 0 Å². The summed E-state index contributed by atoms with van der Waals surface area (Å²) in [6.45, 7) is 6.39. The molecule has 1 aliphatic rings. The number of carbonyl (C=O) groups excluding carboxylic acids is 2. The lowest BCUT2D eigenvalue weighted by atomic mass is 9.81. The van der Waals surface area contributed by atoms with E-state index in [1.165, 1.54) is 0 Å². The summed E-state index contributed by atoms with van der Waals surface area (Å²) in [7, 11) is 1.57. The zero-order chi connectivity index (χ0) is 20.1. The van der Waals surface area contributed by atoms with Gasteiger partial charge < -0.3 is 14.5 Å². The molecule has 0 aliphatic carbocycles. The van der Waals surface area contributed by atoms with Gasteiger partial charge in [0.1, 0.15) is 5.75 Å². The van der Waals surface area contributed by atoms with Crippen LogP contribution in [0.2, 0.25) is 0 Å². The van der Waals surface area contributed by atoms with Crippen molar-refractivity contribution in [3.63, 3.8) is 0 Å². The molecule has 1 heterocycles. The van der Waals surface area contributed by atoms with E-state index < -0.39 is 0 Å². The number of nitrogens with zero attached hydrogens (tertiary/aromatic N) is 2. The molecule has 0 atom stereocenters. The van der Waals surface area contributed by atoms with Crippen LogP contribution in [0.1, 0.15) is 36.2 Å². The van der Waals surface area contributed by atoms with E-state index in [4.69, 9.17) is 4.74 Å². The minimum atomic E-state index is -0.220. The highest BCUT2D eigenvalue weighted by Crippen LogP contribution is 2.28. The van der Waals surface area contributed by atoms with Gasteiger partial charge in [-0.1, -0.05) is 56.3 Å². The fraction of sp³-hybridized carbons (Fsp3) is 0.391. The molecule has 3 rings (SSSR count). The monoisotopic (exact) mass is 380 g/mol. The second-order valence-electron chi connectivity index (χ2n) is 7.80. The van der Waals surface area contributed by atoms with E-state index in [1.807, 2.05) is 35.2 Å². The molecule has 0 unspecified atom stereocenters. The first-order chi connectivity index (χ1) is 13.4. The van der Waals surface area contributed by atoms with E-state index in [1.54, 1.807) is 24.1 Å². The second-order valence-corrected chi connectivity index (χ2v) is 7.80. The molecular weight excluding hydrogens is 352 g/mol. The van der Waals surface area contributed by atoms with Crippen molar-refractivity contribution in [2.45, 2.75) is 25.7 Å². The highest BCUT2D eigenvalue weighted by Gasteiger charge is 2.30. The lowest BCUT2D eigenvalue weighted by Crippen LogP contribution is -2.51. The molecule has 1 saturated heterocycles. The molecule has 0 N–H and O–H groups in total. The van der Waals surface area contributed by atoms with Gasteiger partial charge in [-0.3, -0.25) is 9.59 Å². The van der Waals surface area contributed by atoms with Crippen LogP contribution in [0.5, 0.6) is 5.75 Å². The molecule has 1 fully saturated rings. The Kier molecular flexibility index (Phi) is 6.02. The third-order valence-electron chi connectivity index (χ3n) is 5.41. The normalized spacial score (nSPS) is 14.7. The van der Waals surface area contributed by atoms with Crippen molar-refractivity contribution < 1.29 is 14.3 Å². The van der Waals surface area contributed by atoms with Crippen LogP contribution in [-0.4, -0.2) is 54.9 Å². The van der Waals surface area contributed by atoms with E-state index in [-0.39, 0.29) is 17.2 Å². The Bertz CT molecular complexity index is 825. The average molecular weight is 380 g/mol. The molecule has 0 saturated carbocycles. The van der Waals surface area contributed by atoms with Crippen LogP contribution >= 0.6 is 0 Å². The van der Waals surface area contributed by atoms with Crippen LogP contribution in [0, 0.1) is 0 Å². The van der Waals surface area contributed by atoms with Crippen molar-refractivity contribution in [1.82, 2.24) is 9.80 Å². The van der Waals surface area contributed by atoms with Gasteiger partial charge in [0.2, 0.25) is 5.91 Å². The number of hydrogen-bond acceptors (Lipinski definition) is 3. The molecule has 0 bridgehead atoms. The molecule has 2 aromatic carbocycles. The van der Waals surface area contributed by atoms with Gasteiger partial charge in [0.05, 0.1) is 12.7 Å². The fourth-order valence-corrected chi connectivity index (χ4v) is 3.63. The SMILES string of the molecule is COc1ccccc1C(=O)N1CCN(C(=O)CC(C)(C)c2ccccc2)CC1. The van der Waals surface area contributed by atoms with Crippen molar-refractivity contribution in [1.29, 1.82) is 0 Å². The summed E-state index contributed by atoms with van der Waals surface area (Å²) in [6.07, 6.45) is 0.456. The zero-order valence-electron chi connectivity index (χ0n) is 16.9. The number of carbonyl (C=O) groups is 2. The molecule has 1 aliphatic heterocycles. The number of ether oxygens (including phenoxy) is 1. The summed E-state index contributed by atoms with van der Waals surface area (Å²) < 4.78 is 5.30. The van der Waals surface area contributed by atoms with Crippen LogP contribution in [0.25, 0.3) is 0 Å². The molecule has 5 heteroatoms. The molecule has 0 radical (unpaired) electrons. The van der Waals surface area contributed by atoms with Gasteiger partial charge in [-0.15, -0.1) is 0 Å². The molecule has 2 amide bonds. The van der Waals surface area contributed by atoms with Crippen LogP contribution in [-0.2, 0) is 10.2 Å². The maximum atomic E-state index is 12.8. The Morgan fingerprint density at radius 1 is 0.893 bits per heavy atom. The molecule has 148 valence electrons. The standard InChI is InChI=1S/C23H28N2O3/c1-23(2,18-9-5-4-6-10-18)17-21(26)24-13-15-25(16-14-24)22(27)19-11-7-8-12-20(19)28-3/h4-12H,13-17H2,1-3H3. The fourth-order valence-electron chi connectivity index (χ4n) is 3.63. The van der Waals surface area contributed by atoms with E-state index >= 15 is 0 Å². The predicted molar refractivity (Wildman–Crippen MR) is 110 cm³/mol. The quantitative estimate of drug-likeness (QED) is 0.799. The highest BCUT2D eigenvalue weighted by atomic mass is 16.5. The number of rotatable bonds is 5. The minimum absolute atomic E-state index is 0.0471. The third kappa shape index (κ3) is 4.35. The molecular formula is C23H28N2O3. The van der Waals surface area contributed by atoms with E-state index in [2.05, 4.69) is 26.0 Å². The Labute approximate surface area is 166 Å². The minimum Gasteiger partial charge on any atom is -0.496 e. The Morgan fingerprint density at radius 3 is 2.11 bits per heavy atom. The highest BCUT2D eigenvalue weighted by molar-refractivity contribution is 5.97. The first-order valence-corrected chi connectivity index (χ1v) is 9.68. The van der Waals surface area contributed by atoms with Gasteiger partial charge in [-0.05, 0) is 23.1 Å². The molecule has 28 heavy (non-hydrogen) atoms. The smallest absolute Gasteiger partial charge is 0.257 e. The van der Waals surface area contributed by atoms with Crippen LogP contribution in [0.15, 0.2) is 54.6 Å². The van der Waals surface area contributed by atoms with Crippen molar-refractivity contribution >= 4 is 11.8 Å². The Morgan fingerprint density at radius 2 is 1.46 bits per heavy atom. The summed E-state index contributed by atoms with van der Waals surface area (Å²) in [4.78, 5) is 29.3. The number of para-hydroxylation sites is 1. The van der Waals surface area contributed by atoms with Gasteiger partial charge >= 0.3 is 0 Å². The van der Waals surface area contributed by atoms with Crippen molar-refractivity contribution in [3.05, 3.63) is 65.7 Å². The number of piperazine rings is 1. The van der Waals surface area contributed by atoms with Gasteiger partial charge in [0.25, 0.3) is 5.91 Å². The van der Waals surface area contributed by atoms with Gasteiger partial charge in [0.15, 0.2) is 0 Å². The largest absolute Gasteiger partial charge is 0.496 e. The third-order valence-corrected chi connectivity index (χ3v) is 5.41. The molecule has 0 aromatic heterocycles. The van der Waals surface area contributed by atoms with E-state index in [9.17, 15) is 9.59 Å². The second kappa shape index (κ2) is 8.46. The molecule has 0 spiro atoms. The van der Waals surface area contributed by atoms with Crippen molar-refractivity contribution in [3.8, 4) is 5.75 Å². The zero-order valence-corrected chi connectivity index (χ0v) is 16.9. The summed E-state index contributed by atoms with van der Waals surface area (Å²) >= 11 is 0. The van der Waals surface area contributed by atoms with Crippen LogP contribution < -0.4 is 4.74 Å². The maximum absolute atomic E-state index is 12.8. The lowest BCUT2D eigenvalue weighted by molar-refractivity contribution is -0.133. The Hall–Kier alpha value is -2.82.